The lowest BCUT2D eigenvalue weighted by atomic mass is 10.0. The van der Waals surface area contributed by atoms with Crippen LogP contribution in [0.3, 0.4) is 0 Å². The van der Waals surface area contributed by atoms with Gasteiger partial charge in [-0.1, -0.05) is 26.0 Å². The first-order chi connectivity index (χ1) is 12.4. The van der Waals surface area contributed by atoms with Gasteiger partial charge in [-0.2, -0.15) is 0 Å². The average Bonchev–Trinajstić information content (AvgIpc) is 2.86. The van der Waals surface area contributed by atoms with Crippen LogP contribution in [-0.4, -0.2) is 16.2 Å². The standard InChI is InChI=1S/C23H30N2O/c1-15(2)20-9-8-16(3)12-23(20)26-11-7-10-25-19(6)24-21-13-17(4)18(5)14-22(21)25/h8-9,12-15H,7,10-11H2,1-6H3. The lowest BCUT2D eigenvalue weighted by Gasteiger charge is -2.15. The van der Waals surface area contributed by atoms with Crippen LogP contribution in [0.1, 0.15) is 54.3 Å². The second kappa shape index (κ2) is 7.53. The third-order valence-electron chi connectivity index (χ3n) is 5.13. The van der Waals surface area contributed by atoms with E-state index in [0.29, 0.717) is 12.5 Å². The molecule has 2 aromatic carbocycles. The Morgan fingerprint density at radius 1 is 1.00 bits per heavy atom. The number of imidazole rings is 1. The Morgan fingerprint density at radius 2 is 1.73 bits per heavy atom. The highest BCUT2D eigenvalue weighted by molar-refractivity contribution is 5.78. The highest BCUT2D eigenvalue weighted by Crippen LogP contribution is 2.28. The van der Waals surface area contributed by atoms with Gasteiger partial charge in [-0.05, 0) is 80.5 Å². The maximum Gasteiger partial charge on any atom is 0.123 e. The van der Waals surface area contributed by atoms with Crippen molar-refractivity contribution in [3.05, 3.63) is 58.4 Å². The third kappa shape index (κ3) is 3.77. The number of aryl methyl sites for hydroxylation is 5. The molecule has 3 rings (SSSR count). The van der Waals surface area contributed by atoms with E-state index < -0.39 is 0 Å². The summed E-state index contributed by atoms with van der Waals surface area (Å²) in [6, 6.07) is 10.9. The Balaban J connectivity index is 1.70. The smallest absolute Gasteiger partial charge is 0.123 e. The van der Waals surface area contributed by atoms with Gasteiger partial charge in [0.2, 0.25) is 0 Å². The summed E-state index contributed by atoms with van der Waals surface area (Å²) >= 11 is 0. The molecule has 3 heteroatoms. The molecule has 26 heavy (non-hydrogen) atoms. The highest BCUT2D eigenvalue weighted by Gasteiger charge is 2.10. The molecular weight excluding hydrogens is 320 g/mol. The summed E-state index contributed by atoms with van der Waals surface area (Å²) < 4.78 is 8.45. The van der Waals surface area contributed by atoms with Crippen LogP contribution in [0.4, 0.5) is 0 Å². The molecule has 0 radical (unpaired) electrons. The van der Waals surface area contributed by atoms with Crippen molar-refractivity contribution in [2.24, 2.45) is 0 Å². The fourth-order valence-corrected chi connectivity index (χ4v) is 3.43. The van der Waals surface area contributed by atoms with Gasteiger partial charge in [0.1, 0.15) is 11.6 Å². The zero-order chi connectivity index (χ0) is 18.8. The SMILES string of the molecule is Cc1ccc(C(C)C)c(OCCCn2c(C)nc3cc(C)c(C)cc32)c1. The maximum atomic E-state index is 6.14. The number of hydrogen-bond donors (Lipinski definition) is 0. The Hall–Kier alpha value is -2.29. The molecule has 0 spiro atoms. The van der Waals surface area contributed by atoms with Gasteiger partial charge < -0.3 is 9.30 Å². The minimum Gasteiger partial charge on any atom is -0.493 e. The minimum absolute atomic E-state index is 0.469. The first-order valence-corrected chi connectivity index (χ1v) is 9.54. The number of benzene rings is 2. The second-order valence-corrected chi connectivity index (χ2v) is 7.63. The molecule has 1 heterocycles. The van der Waals surface area contributed by atoms with Crippen LogP contribution in [0.15, 0.2) is 30.3 Å². The lowest BCUT2D eigenvalue weighted by Crippen LogP contribution is -2.07. The number of nitrogens with zero attached hydrogens (tertiary/aromatic N) is 2. The van der Waals surface area contributed by atoms with Crippen LogP contribution in [-0.2, 0) is 6.54 Å². The van der Waals surface area contributed by atoms with Crippen LogP contribution in [0.5, 0.6) is 5.75 Å². The summed E-state index contributed by atoms with van der Waals surface area (Å²) in [5, 5.41) is 0. The van der Waals surface area contributed by atoms with Gasteiger partial charge in [-0.25, -0.2) is 4.98 Å². The molecule has 0 unspecified atom stereocenters. The first kappa shape index (κ1) is 18.5. The summed E-state index contributed by atoms with van der Waals surface area (Å²) in [7, 11) is 0. The van der Waals surface area contributed by atoms with Crippen LogP contribution in [0, 0.1) is 27.7 Å². The van der Waals surface area contributed by atoms with E-state index in [-0.39, 0.29) is 0 Å². The largest absolute Gasteiger partial charge is 0.493 e. The number of rotatable bonds is 6. The normalized spacial score (nSPS) is 11.5. The van der Waals surface area contributed by atoms with Crippen molar-refractivity contribution in [1.82, 2.24) is 9.55 Å². The minimum atomic E-state index is 0.469. The van der Waals surface area contributed by atoms with E-state index >= 15 is 0 Å². The number of fused-ring (bicyclic) bond motifs is 1. The van der Waals surface area contributed by atoms with Gasteiger partial charge in [0.25, 0.3) is 0 Å². The van der Waals surface area contributed by atoms with Crippen molar-refractivity contribution >= 4 is 11.0 Å². The summed E-state index contributed by atoms with van der Waals surface area (Å²) in [6.07, 6.45) is 0.963. The van der Waals surface area contributed by atoms with Crippen molar-refractivity contribution in [2.75, 3.05) is 6.61 Å². The molecule has 138 valence electrons. The molecule has 0 amide bonds. The van der Waals surface area contributed by atoms with Gasteiger partial charge in [0, 0.05) is 6.54 Å². The lowest BCUT2D eigenvalue weighted by molar-refractivity contribution is 0.298. The van der Waals surface area contributed by atoms with E-state index in [9.17, 15) is 0 Å². The molecule has 0 saturated heterocycles. The zero-order valence-electron chi connectivity index (χ0n) is 16.9. The number of aromatic nitrogens is 2. The molecule has 0 atom stereocenters. The van der Waals surface area contributed by atoms with Crippen LogP contribution < -0.4 is 4.74 Å². The molecule has 0 N–H and O–H groups in total. The molecule has 1 aromatic heterocycles. The van der Waals surface area contributed by atoms with Crippen molar-refractivity contribution < 1.29 is 4.74 Å². The Labute approximate surface area is 157 Å². The van der Waals surface area contributed by atoms with E-state index in [1.54, 1.807) is 0 Å². The fourth-order valence-electron chi connectivity index (χ4n) is 3.43. The van der Waals surface area contributed by atoms with Crippen LogP contribution in [0.25, 0.3) is 11.0 Å². The molecule has 3 aromatic rings. The predicted octanol–water partition coefficient (Wildman–Crippen LogP) is 5.86. The summed E-state index contributed by atoms with van der Waals surface area (Å²) in [6.45, 7) is 14.6. The van der Waals surface area contributed by atoms with E-state index in [1.807, 2.05) is 0 Å². The topological polar surface area (TPSA) is 27.1 Å². The van der Waals surface area contributed by atoms with Gasteiger partial charge in [0.15, 0.2) is 0 Å². The highest BCUT2D eigenvalue weighted by atomic mass is 16.5. The zero-order valence-corrected chi connectivity index (χ0v) is 16.9. The number of hydrogen-bond acceptors (Lipinski definition) is 2. The van der Waals surface area contributed by atoms with Crippen molar-refractivity contribution in [3.63, 3.8) is 0 Å². The molecule has 0 bridgehead atoms. The first-order valence-electron chi connectivity index (χ1n) is 9.54. The maximum absolute atomic E-state index is 6.14. The average molecular weight is 351 g/mol. The molecule has 0 aliphatic heterocycles. The van der Waals surface area contributed by atoms with Crippen LogP contribution in [0.2, 0.25) is 0 Å². The van der Waals surface area contributed by atoms with Gasteiger partial charge in [-0.15, -0.1) is 0 Å². The van der Waals surface area contributed by atoms with Crippen molar-refractivity contribution in [2.45, 2.75) is 60.4 Å². The summed E-state index contributed by atoms with van der Waals surface area (Å²) in [5.41, 5.74) is 7.45. The van der Waals surface area contributed by atoms with Gasteiger partial charge in [0.05, 0.1) is 17.6 Å². The van der Waals surface area contributed by atoms with E-state index in [2.05, 4.69) is 76.4 Å². The summed E-state index contributed by atoms with van der Waals surface area (Å²) in [5.74, 6) is 2.57. The van der Waals surface area contributed by atoms with Crippen LogP contribution >= 0.6 is 0 Å². The Bertz CT molecular complexity index is 922. The molecule has 3 nitrogen and oxygen atoms in total. The van der Waals surface area contributed by atoms with Crippen molar-refractivity contribution in [1.29, 1.82) is 0 Å². The molecular formula is C23H30N2O. The predicted molar refractivity (Wildman–Crippen MR) is 109 cm³/mol. The fraction of sp³-hybridized carbons (Fsp3) is 0.435. The Morgan fingerprint density at radius 3 is 2.46 bits per heavy atom. The monoisotopic (exact) mass is 350 g/mol. The van der Waals surface area contributed by atoms with E-state index in [0.717, 1.165) is 30.1 Å². The molecule has 0 aliphatic carbocycles. The molecule has 0 aliphatic rings. The number of ether oxygens (including phenoxy) is 1. The Kier molecular flexibility index (Phi) is 5.36. The van der Waals surface area contributed by atoms with E-state index in [1.165, 1.54) is 27.8 Å². The third-order valence-corrected chi connectivity index (χ3v) is 5.13. The van der Waals surface area contributed by atoms with Gasteiger partial charge >= 0.3 is 0 Å². The van der Waals surface area contributed by atoms with Crippen molar-refractivity contribution in [3.8, 4) is 5.75 Å². The molecule has 0 saturated carbocycles. The quantitative estimate of drug-likeness (QED) is 0.520. The van der Waals surface area contributed by atoms with E-state index in [4.69, 9.17) is 9.72 Å². The summed E-state index contributed by atoms with van der Waals surface area (Å²) in [4.78, 5) is 4.72. The van der Waals surface area contributed by atoms with Gasteiger partial charge in [-0.3, -0.25) is 0 Å². The molecule has 0 fully saturated rings. The second-order valence-electron chi connectivity index (χ2n) is 7.63.